The topological polar surface area (TPSA) is 29.0 Å². The Morgan fingerprint density at radius 1 is 1.15 bits per heavy atom. The summed E-state index contributed by atoms with van der Waals surface area (Å²) in [5.74, 6) is 0.843. The molecule has 3 rings (SSSR count). The molecule has 0 N–H and O–H groups in total. The zero-order chi connectivity index (χ0) is 14.3. The highest BCUT2D eigenvalue weighted by molar-refractivity contribution is 7.18. The van der Waals surface area contributed by atoms with Gasteiger partial charge in [0.25, 0.3) is 0 Å². The van der Waals surface area contributed by atoms with E-state index in [0.717, 1.165) is 21.7 Å². The van der Waals surface area contributed by atoms with E-state index < -0.39 is 0 Å². The van der Waals surface area contributed by atoms with Crippen molar-refractivity contribution in [2.45, 2.75) is 13.8 Å². The van der Waals surface area contributed by atoms with Crippen molar-refractivity contribution in [3.63, 3.8) is 0 Å². The van der Waals surface area contributed by atoms with Crippen molar-refractivity contribution in [3.8, 4) is 0 Å². The van der Waals surface area contributed by atoms with Crippen LogP contribution < -0.4 is 4.90 Å². The summed E-state index contributed by atoms with van der Waals surface area (Å²) < 4.78 is 0. The second-order valence-electron chi connectivity index (χ2n) is 4.79. The van der Waals surface area contributed by atoms with E-state index in [1.807, 2.05) is 13.1 Å². The molecule has 3 nitrogen and oxygen atoms in total. The van der Waals surface area contributed by atoms with Crippen molar-refractivity contribution in [3.05, 3.63) is 46.1 Å². The van der Waals surface area contributed by atoms with Crippen LogP contribution in [0.3, 0.4) is 0 Å². The summed E-state index contributed by atoms with van der Waals surface area (Å²) in [6.45, 7) is 4.14. The molecule has 0 amide bonds. The van der Waals surface area contributed by atoms with E-state index in [1.54, 1.807) is 11.3 Å². The van der Waals surface area contributed by atoms with Crippen LogP contribution in [-0.2, 0) is 0 Å². The Hall–Kier alpha value is -1.65. The quantitative estimate of drug-likeness (QED) is 0.641. The van der Waals surface area contributed by atoms with Gasteiger partial charge in [0.15, 0.2) is 0 Å². The van der Waals surface area contributed by atoms with Crippen LogP contribution in [0.15, 0.2) is 30.3 Å². The number of rotatable bonds is 2. The summed E-state index contributed by atoms with van der Waals surface area (Å²) in [5, 5.41) is 1.33. The Balaban J connectivity index is 2.18. The summed E-state index contributed by atoms with van der Waals surface area (Å²) in [6, 6.07) is 10.4. The lowest BCUT2D eigenvalue weighted by molar-refractivity contribution is 1.11. The SMILES string of the molecule is Cc1cccc(N(C)c2nc(Cl)nc3sc(C)cc23)c1. The molecule has 0 fully saturated rings. The first-order valence-electron chi connectivity index (χ1n) is 6.28. The van der Waals surface area contributed by atoms with E-state index >= 15 is 0 Å². The molecule has 0 aliphatic heterocycles. The first-order chi connectivity index (χ1) is 9.54. The van der Waals surface area contributed by atoms with Crippen molar-refractivity contribution in [2.24, 2.45) is 0 Å². The van der Waals surface area contributed by atoms with Gasteiger partial charge in [-0.15, -0.1) is 11.3 Å². The third-order valence-electron chi connectivity index (χ3n) is 3.18. The summed E-state index contributed by atoms with van der Waals surface area (Å²) in [4.78, 5) is 12.9. The van der Waals surface area contributed by atoms with Gasteiger partial charge in [0, 0.05) is 17.6 Å². The number of anilines is 2. The monoisotopic (exact) mass is 303 g/mol. The smallest absolute Gasteiger partial charge is 0.225 e. The minimum atomic E-state index is 0.286. The maximum absolute atomic E-state index is 6.05. The first-order valence-corrected chi connectivity index (χ1v) is 7.48. The van der Waals surface area contributed by atoms with Gasteiger partial charge in [-0.1, -0.05) is 12.1 Å². The third-order valence-corrected chi connectivity index (χ3v) is 4.29. The maximum Gasteiger partial charge on any atom is 0.225 e. The van der Waals surface area contributed by atoms with Crippen molar-refractivity contribution in [2.75, 3.05) is 11.9 Å². The van der Waals surface area contributed by atoms with Crippen LogP contribution in [0.4, 0.5) is 11.5 Å². The number of hydrogen-bond acceptors (Lipinski definition) is 4. The minimum absolute atomic E-state index is 0.286. The van der Waals surface area contributed by atoms with Gasteiger partial charge in [-0.05, 0) is 49.2 Å². The average Bonchev–Trinajstić information content (AvgIpc) is 2.77. The number of halogens is 1. The standard InChI is InChI=1S/C15H14ClN3S/c1-9-5-4-6-11(7-9)19(3)13-12-8-10(2)20-14(12)18-15(16)17-13/h4-8H,1-3H3. The van der Waals surface area contributed by atoms with Crippen LogP contribution >= 0.6 is 22.9 Å². The van der Waals surface area contributed by atoms with E-state index in [-0.39, 0.29) is 5.28 Å². The second kappa shape index (κ2) is 5.04. The van der Waals surface area contributed by atoms with Crippen molar-refractivity contribution < 1.29 is 0 Å². The molecule has 0 spiro atoms. The zero-order valence-electron chi connectivity index (χ0n) is 11.5. The zero-order valence-corrected chi connectivity index (χ0v) is 13.1. The summed E-state index contributed by atoms with van der Waals surface area (Å²) >= 11 is 7.69. The predicted molar refractivity (Wildman–Crippen MR) is 86.4 cm³/mol. The molecule has 0 aliphatic rings. The number of aromatic nitrogens is 2. The van der Waals surface area contributed by atoms with Gasteiger partial charge in [-0.2, -0.15) is 4.98 Å². The molecule has 1 aromatic carbocycles. The van der Waals surface area contributed by atoms with Gasteiger partial charge in [0.05, 0.1) is 5.39 Å². The Labute approximate surface area is 126 Å². The summed E-state index contributed by atoms with van der Waals surface area (Å²) in [7, 11) is 2.00. The second-order valence-corrected chi connectivity index (χ2v) is 6.36. The number of thiophene rings is 1. The average molecular weight is 304 g/mol. The summed E-state index contributed by atoms with van der Waals surface area (Å²) in [5.41, 5.74) is 2.30. The van der Waals surface area contributed by atoms with Crippen LogP contribution in [0.5, 0.6) is 0 Å². The fraction of sp³-hybridized carbons (Fsp3) is 0.200. The van der Waals surface area contributed by atoms with E-state index in [1.165, 1.54) is 10.4 Å². The van der Waals surface area contributed by atoms with E-state index in [4.69, 9.17) is 11.6 Å². The maximum atomic E-state index is 6.05. The van der Waals surface area contributed by atoms with Gasteiger partial charge >= 0.3 is 0 Å². The van der Waals surface area contributed by atoms with E-state index in [0.29, 0.717) is 0 Å². The molecule has 20 heavy (non-hydrogen) atoms. The first kappa shape index (κ1) is 13.3. The number of aryl methyl sites for hydroxylation is 2. The number of nitrogens with zero attached hydrogens (tertiary/aromatic N) is 3. The molecular weight excluding hydrogens is 290 g/mol. The molecule has 102 valence electrons. The lowest BCUT2D eigenvalue weighted by Crippen LogP contribution is -2.12. The molecule has 0 aliphatic carbocycles. The van der Waals surface area contributed by atoms with Gasteiger partial charge in [0.2, 0.25) is 5.28 Å². The van der Waals surface area contributed by atoms with Crippen LogP contribution in [0.1, 0.15) is 10.4 Å². The molecule has 0 bridgehead atoms. The molecule has 2 heterocycles. The number of hydrogen-bond donors (Lipinski definition) is 0. The summed E-state index contributed by atoms with van der Waals surface area (Å²) in [6.07, 6.45) is 0. The molecule has 0 atom stereocenters. The van der Waals surface area contributed by atoms with Gasteiger partial charge in [-0.25, -0.2) is 4.98 Å². The molecule has 5 heteroatoms. The van der Waals surface area contributed by atoms with Crippen molar-refractivity contribution in [1.82, 2.24) is 9.97 Å². The van der Waals surface area contributed by atoms with E-state index in [9.17, 15) is 0 Å². The van der Waals surface area contributed by atoms with E-state index in [2.05, 4.69) is 53.0 Å². The lowest BCUT2D eigenvalue weighted by atomic mass is 10.2. The Morgan fingerprint density at radius 2 is 1.95 bits per heavy atom. The highest BCUT2D eigenvalue weighted by Gasteiger charge is 2.14. The molecular formula is C15H14ClN3S. The Bertz CT molecular complexity index is 782. The molecule has 0 saturated carbocycles. The van der Waals surface area contributed by atoms with Gasteiger partial charge < -0.3 is 4.90 Å². The molecule has 0 radical (unpaired) electrons. The fourth-order valence-electron chi connectivity index (χ4n) is 2.22. The predicted octanol–water partition coefficient (Wildman–Crippen LogP) is 4.73. The van der Waals surface area contributed by atoms with Crippen LogP contribution in [0, 0.1) is 13.8 Å². The minimum Gasteiger partial charge on any atom is -0.329 e. The highest BCUT2D eigenvalue weighted by Crippen LogP contribution is 2.34. The Morgan fingerprint density at radius 3 is 2.70 bits per heavy atom. The number of benzene rings is 1. The van der Waals surface area contributed by atoms with Crippen LogP contribution in [0.2, 0.25) is 5.28 Å². The molecule has 0 saturated heterocycles. The highest BCUT2D eigenvalue weighted by atomic mass is 35.5. The largest absolute Gasteiger partial charge is 0.329 e. The molecule has 3 aromatic rings. The third kappa shape index (κ3) is 2.37. The lowest BCUT2D eigenvalue weighted by Gasteiger charge is -2.19. The van der Waals surface area contributed by atoms with Crippen LogP contribution in [0.25, 0.3) is 10.2 Å². The molecule has 0 unspecified atom stereocenters. The van der Waals surface area contributed by atoms with Crippen molar-refractivity contribution >= 4 is 44.7 Å². The van der Waals surface area contributed by atoms with Gasteiger partial charge in [0.1, 0.15) is 10.6 Å². The number of fused-ring (bicyclic) bond motifs is 1. The fourth-order valence-corrected chi connectivity index (χ4v) is 3.30. The Kier molecular flexibility index (Phi) is 3.36. The van der Waals surface area contributed by atoms with Gasteiger partial charge in [-0.3, -0.25) is 0 Å². The van der Waals surface area contributed by atoms with Crippen molar-refractivity contribution in [1.29, 1.82) is 0 Å². The normalized spacial score (nSPS) is 11.0. The van der Waals surface area contributed by atoms with Crippen LogP contribution in [-0.4, -0.2) is 17.0 Å². The molecule has 2 aromatic heterocycles.